The van der Waals surface area contributed by atoms with Crippen LogP contribution in [0.5, 0.6) is 0 Å². The molecule has 0 radical (unpaired) electrons. The van der Waals surface area contributed by atoms with Crippen molar-refractivity contribution in [1.29, 1.82) is 0 Å². The molecule has 4 heteroatoms. The zero-order chi connectivity index (χ0) is 37.5. The predicted octanol–water partition coefficient (Wildman–Crippen LogP) is 14.6. The summed E-state index contributed by atoms with van der Waals surface area (Å²) in [5, 5.41) is 7.50. The quantitative estimate of drug-likeness (QED) is 0.172. The van der Waals surface area contributed by atoms with Crippen molar-refractivity contribution in [3.63, 3.8) is 0 Å². The number of thiophene rings is 1. The maximum absolute atomic E-state index is 5.52. The van der Waals surface area contributed by atoms with E-state index in [4.69, 9.17) is 4.98 Å². The molecule has 0 aliphatic heterocycles. The van der Waals surface area contributed by atoms with Crippen molar-refractivity contribution in [2.45, 2.75) is 0 Å². The number of hydrogen-bond acceptors (Lipinski definition) is 2. The number of fused-ring (bicyclic) bond motifs is 10. The van der Waals surface area contributed by atoms with Crippen LogP contribution in [0.25, 0.3) is 109 Å². The van der Waals surface area contributed by atoms with Gasteiger partial charge in [0.05, 0.1) is 39.1 Å². The van der Waals surface area contributed by atoms with E-state index in [-0.39, 0.29) is 0 Å². The number of nitrogens with zero attached hydrogens (tertiary/aromatic N) is 3. The lowest BCUT2D eigenvalue weighted by Gasteiger charge is -2.14. The summed E-state index contributed by atoms with van der Waals surface area (Å²) in [5.74, 6) is 0. The molecule has 8 aromatic carbocycles. The smallest absolute Gasteiger partial charge is 0.0744 e. The first kappa shape index (κ1) is 32.0. The van der Waals surface area contributed by atoms with Crippen LogP contribution in [0.4, 0.5) is 0 Å². The predicted molar refractivity (Wildman–Crippen MR) is 242 cm³/mol. The van der Waals surface area contributed by atoms with Crippen LogP contribution in [-0.2, 0) is 0 Å². The average Bonchev–Trinajstić information content (AvgIpc) is 3.95. The van der Waals surface area contributed by atoms with Gasteiger partial charge in [0.25, 0.3) is 0 Å². The molecule has 0 bridgehead atoms. The molecule has 0 aliphatic carbocycles. The molecule has 4 heterocycles. The Bertz CT molecular complexity index is 3520. The highest BCUT2D eigenvalue weighted by Gasteiger charge is 2.22. The third-order valence-corrected chi connectivity index (χ3v) is 12.7. The Labute approximate surface area is 333 Å². The first-order chi connectivity index (χ1) is 28.3. The molecular weight excluding hydrogens is 711 g/mol. The molecular formula is C53H33N3S. The van der Waals surface area contributed by atoms with Crippen LogP contribution in [-0.4, -0.2) is 14.1 Å². The molecule has 3 nitrogen and oxygen atoms in total. The van der Waals surface area contributed by atoms with E-state index in [2.05, 4.69) is 209 Å². The maximum atomic E-state index is 5.52. The van der Waals surface area contributed by atoms with E-state index in [1.807, 2.05) is 11.3 Å². The second-order valence-corrected chi connectivity index (χ2v) is 15.8. The second-order valence-electron chi connectivity index (χ2n) is 14.7. The average molecular weight is 744 g/mol. The molecule has 0 unspecified atom stereocenters. The third-order valence-electron chi connectivity index (χ3n) is 11.5. The fourth-order valence-corrected chi connectivity index (χ4v) is 10.2. The molecule has 57 heavy (non-hydrogen) atoms. The zero-order valence-corrected chi connectivity index (χ0v) is 31.6. The summed E-state index contributed by atoms with van der Waals surface area (Å²) in [6.07, 6.45) is 0. The molecule has 0 spiro atoms. The van der Waals surface area contributed by atoms with E-state index in [9.17, 15) is 0 Å². The molecule has 0 saturated carbocycles. The van der Waals surface area contributed by atoms with Crippen LogP contribution in [0.3, 0.4) is 0 Å². The zero-order valence-electron chi connectivity index (χ0n) is 30.8. The fourth-order valence-electron chi connectivity index (χ4n) is 9.00. The van der Waals surface area contributed by atoms with Crippen LogP contribution in [0, 0.1) is 0 Å². The number of pyridine rings is 1. The summed E-state index contributed by atoms with van der Waals surface area (Å²) in [6, 6.07) is 72.4. The van der Waals surface area contributed by atoms with E-state index in [0.717, 1.165) is 44.9 Å². The Morgan fingerprint density at radius 3 is 1.84 bits per heavy atom. The van der Waals surface area contributed by atoms with Gasteiger partial charge in [-0.2, -0.15) is 0 Å². The van der Waals surface area contributed by atoms with Gasteiger partial charge >= 0.3 is 0 Å². The van der Waals surface area contributed by atoms with Gasteiger partial charge in [-0.05, 0) is 65.7 Å². The van der Waals surface area contributed by atoms with Crippen molar-refractivity contribution < 1.29 is 0 Å². The Kier molecular flexibility index (Phi) is 7.10. The highest BCUT2D eigenvalue weighted by atomic mass is 32.1. The van der Waals surface area contributed by atoms with Crippen LogP contribution in [0.2, 0.25) is 0 Å². The summed E-state index contributed by atoms with van der Waals surface area (Å²) in [7, 11) is 0. The topological polar surface area (TPSA) is 22.8 Å². The first-order valence-electron chi connectivity index (χ1n) is 19.4. The lowest BCUT2D eigenvalue weighted by atomic mass is 10.0. The molecule has 0 aliphatic rings. The van der Waals surface area contributed by atoms with E-state index in [1.54, 1.807) is 0 Å². The first-order valence-corrected chi connectivity index (χ1v) is 20.2. The number of hydrogen-bond donors (Lipinski definition) is 0. The molecule has 0 saturated heterocycles. The normalized spacial score (nSPS) is 11.9. The monoisotopic (exact) mass is 743 g/mol. The third kappa shape index (κ3) is 4.94. The Balaban J connectivity index is 1.18. The summed E-state index contributed by atoms with van der Waals surface area (Å²) in [5.41, 5.74) is 13.4. The van der Waals surface area contributed by atoms with E-state index in [0.29, 0.717) is 0 Å². The van der Waals surface area contributed by atoms with Gasteiger partial charge in [-0.25, -0.2) is 4.98 Å². The van der Waals surface area contributed by atoms with Crippen molar-refractivity contribution >= 4 is 75.1 Å². The number of benzene rings is 8. The largest absolute Gasteiger partial charge is 0.309 e. The molecule has 266 valence electrons. The minimum Gasteiger partial charge on any atom is -0.309 e. The number of aromatic nitrogens is 3. The van der Waals surface area contributed by atoms with Crippen LogP contribution >= 0.6 is 11.3 Å². The highest BCUT2D eigenvalue weighted by molar-refractivity contribution is 7.26. The molecule has 0 N–H and O–H groups in total. The standard InChI is InChI=1S/C53H33N3S/c1-3-15-34(16-4-1)35-17-13-18-36(31-35)45-32-38(33-46(54-45)43-25-14-24-42-40-22-9-12-28-50(40)57-53(42)43)55-48-27-11-8-23-44(48)51-49(55)30-29-41-39-21-7-10-26-47(39)56(52(41)51)37-19-5-2-6-20-37/h1-33H. The Morgan fingerprint density at radius 2 is 1.00 bits per heavy atom. The van der Waals surface area contributed by atoms with Crippen molar-refractivity contribution in [2.24, 2.45) is 0 Å². The number of para-hydroxylation sites is 3. The lowest BCUT2D eigenvalue weighted by molar-refractivity contribution is 1.16. The van der Waals surface area contributed by atoms with Crippen molar-refractivity contribution in [3.05, 3.63) is 200 Å². The van der Waals surface area contributed by atoms with Gasteiger partial charge in [0.1, 0.15) is 0 Å². The molecule has 0 atom stereocenters. The van der Waals surface area contributed by atoms with Crippen LogP contribution in [0.15, 0.2) is 200 Å². The molecule has 12 aromatic rings. The molecule has 0 fully saturated rings. The van der Waals surface area contributed by atoms with Gasteiger partial charge in [0, 0.05) is 58.5 Å². The van der Waals surface area contributed by atoms with Gasteiger partial charge < -0.3 is 9.13 Å². The molecule has 12 rings (SSSR count). The van der Waals surface area contributed by atoms with Crippen LogP contribution < -0.4 is 0 Å². The van der Waals surface area contributed by atoms with Gasteiger partial charge in [-0.1, -0.05) is 146 Å². The van der Waals surface area contributed by atoms with E-state index in [1.165, 1.54) is 63.9 Å². The SMILES string of the molecule is c1ccc(-c2cccc(-c3cc(-n4c5ccccc5c5c4ccc4c6ccccc6n(-c6ccccc6)c45)cc(-c4cccc5c4sc4ccccc45)n3)c2)cc1. The maximum Gasteiger partial charge on any atom is 0.0744 e. The second kappa shape index (κ2) is 12.6. The Hall–Kier alpha value is -7.27. The van der Waals surface area contributed by atoms with Gasteiger partial charge in [0.2, 0.25) is 0 Å². The Morgan fingerprint density at radius 1 is 0.368 bits per heavy atom. The molecule has 0 amide bonds. The summed E-state index contributed by atoms with van der Waals surface area (Å²) < 4.78 is 7.44. The minimum atomic E-state index is 0.934. The van der Waals surface area contributed by atoms with Crippen molar-refractivity contribution in [1.82, 2.24) is 14.1 Å². The summed E-state index contributed by atoms with van der Waals surface area (Å²) in [6.45, 7) is 0. The van der Waals surface area contributed by atoms with Crippen molar-refractivity contribution in [3.8, 4) is 45.0 Å². The van der Waals surface area contributed by atoms with Gasteiger partial charge in [-0.3, -0.25) is 0 Å². The minimum absolute atomic E-state index is 0.934. The molecule has 4 aromatic heterocycles. The van der Waals surface area contributed by atoms with E-state index < -0.39 is 0 Å². The number of rotatable bonds is 5. The lowest BCUT2D eigenvalue weighted by Crippen LogP contribution is -1.99. The summed E-state index contributed by atoms with van der Waals surface area (Å²) >= 11 is 1.85. The van der Waals surface area contributed by atoms with Crippen molar-refractivity contribution in [2.75, 3.05) is 0 Å². The summed E-state index contributed by atoms with van der Waals surface area (Å²) in [4.78, 5) is 5.52. The highest BCUT2D eigenvalue weighted by Crippen LogP contribution is 2.44. The van der Waals surface area contributed by atoms with Gasteiger partial charge in [-0.15, -0.1) is 11.3 Å². The van der Waals surface area contributed by atoms with E-state index >= 15 is 0 Å². The van der Waals surface area contributed by atoms with Crippen LogP contribution in [0.1, 0.15) is 0 Å². The fraction of sp³-hybridized carbons (Fsp3) is 0. The van der Waals surface area contributed by atoms with Gasteiger partial charge in [0.15, 0.2) is 0 Å².